The van der Waals surface area contributed by atoms with Crippen molar-refractivity contribution in [2.24, 2.45) is 5.92 Å². The summed E-state index contributed by atoms with van der Waals surface area (Å²) in [6, 6.07) is 0. The molecular formula is C9H16O4. The fraction of sp³-hybridized carbons (Fsp3) is 0.778. The third kappa shape index (κ3) is 2.81. The lowest BCUT2D eigenvalue weighted by atomic mass is 9.84. The molecule has 0 bridgehead atoms. The van der Waals surface area contributed by atoms with Gasteiger partial charge in [0.1, 0.15) is 5.60 Å². The molecule has 1 atom stereocenters. The van der Waals surface area contributed by atoms with Gasteiger partial charge in [0.05, 0.1) is 13.5 Å². The van der Waals surface area contributed by atoms with E-state index < -0.39 is 17.4 Å². The van der Waals surface area contributed by atoms with Gasteiger partial charge in [-0.3, -0.25) is 9.59 Å². The van der Waals surface area contributed by atoms with E-state index in [4.69, 9.17) is 0 Å². The highest BCUT2D eigenvalue weighted by molar-refractivity contribution is 5.89. The van der Waals surface area contributed by atoms with E-state index in [1.807, 2.05) is 0 Å². The van der Waals surface area contributed by atoms with Crippen LogP contribution >= 0.6 is 0 Å². The Bertz CT molecular complexity index is 210. The van der Waals surface area contributed by atoms with Crippen molar-refractivity contribution >= 4 is 11.8 Å². The maximum absolute atomic E-state index is 11.1. The maximum Gasteiger partial charge on any atom is 0.308 e. The van der Waals surface area contributed by atoms with Crippen LogP contribution in [0.15, 0.2) is 0 Å². The summed E-state index contributed by atoms with van der Waals surface area (Å²) in [7, 11) is 1.23. The largest absolute Gasteiger partial charge is 0.469 e. The monoisotopic (exact) mass is 188 g/mol. The SMILES string of the molecule is COC(=O)CC(O)(C(C)=O)C(C)C. The number of carbonyl (C=O) groups is 2. The van der Waals surface area contributed by atoms with Crippen LogP contribution in [0.25, 0.3) is 0 Å². The number of ketones is 1. The number of Topliss-reactive ketones (excluding diaryl/α,β-unsaturated/α-hetero) is 1. The molecular weight excluding hydrogens is 172 g/mol. The molecule has 4 nitrogen and oxygen atoms in total. The molecule has 0 aliphatic carbocycles. The minimum Gasteiger partial charge on any atom is -0.469 e. The van der Waals surface area contributed by atoms with Gasteiger partial charge in [0.25, 0.3) is 0 Å². The number of hydrogen-bond acceptors (Lipinski definition) is 4. The number of aliphatic hydroxyl groups is 1. The third-order valence-corrected chi connectivity index (χ3v) is 2.21. The van der Waals surface area contributed by atoms with Crippen LogP contribution in [0.3, 0.4) is 0 Å². The van der Waals surface area contributed by atoms with Gasteiger partial charge in [-0.1, -0.05) is 13.8 Å². The third-order valence-electron chi connectivity index (χ3n) is 2.21. The Morgan fingerprint density at radius 3 is 2.15 bits per heavy atom. The minimum atomic E-state index is -1.59. The Labute approximate surface area is 77.9 Å². The highest BCUT2D eigenvalue weighted by Gasteiger charge is 2.38. The number of esters is 1. The van der Waals surface area contributed by atoms with E-state index >= 15 is 0 Å². The first-order chi connectivity index (χ1) is 5.84. The molecule has 13 heavy (non-hydrogen) atoms. The van der Waals surface area contributed by atoms with Crippen LogP contribution in [0.2, 0.25) is 0 Å². The molecule has 0 aromatic carbocycles. The van der Waals surface area contributed by atoms with E-state index in [1.54, 1.807) is 13.8 Å². The average Bonchev–Trinajstić information content (AvgIpc) is 2.03. The Morgan fingerprint density at radius 2 is 1.92 bits per heavy atom. The summed E-state index contributed by atoms with van der Waals surface area (Å²) in [6.45, 7) is 4.64. The van der Waals surface area contributed by atoms with E-state index in [0.717, 1.165) is 0 Å². The highest BCUT2D eigenvalue weighted by Crippen LogP contribution is 2.22. The summed E-state index contributed by atoms with van der Waals surface area (Å²) in [6.07, 6.45) is -0.281. The molecule has 0 saturated heterocycles. The summed E-state index contributed by atoms with van der Waals surface area (Å²) in [5, 5.41) is 9.82. The second kappa shape index (κ2) is 4.37. The first-order valence-corrected chi connectivity index (χ1v) is 4.14. The lowest BCUT2D eigenvalue weighted by molar-refractivity contribution is -0.156. The Hall–Kier alpha value is -0.900. The van der Waals surface area contributed by atoms with Gasteiger partial charge in [0, 0.05) is 0 Å². The maximum atomic E-state index is 11.1. The van der Waals surface area contributed by atoms with Gasteiger partial charge in [-0.05, 0) is 12.8 Å². The van der Waals surface area contributed by atoms with E-state index in [2.05, 4.69) is 4.74 Å². The van der Waals surface area contributed by atoms with Crippen LogP contribution in [-0.2, 0) is 14.3 Å². The highest BCUT2D eigenvalue weighted by atomic mass is 16.5. The summed E-state index contributed by atoms with van der Waals surface area (Å²) in [4.78, 5) is 22.0. The number of carbonyl (C=O) groups excluding carboxylic acids is 2. The van der Waals surface area contributed by atoms with Gasteiger partial charge in [-0.15, -0.1) is 0 Å². The second-order valence-electron chi connectivity index (χ2n) is 3.39. The molecule has 76 valence electrons. The Morgan fingerprint density at radius 1 is 1.46 bits per heavy atom. The molecule has 1 N–H and O–H groups in total. The van der Waals surface area contributed by atoms with E-state index in [1.165, 1.54) is 14.0 Å². The van der Waals surface area contributed by atoms with Crippen LogP contribution in [0, 0.1) is 5.92 Å². The van der Waals surface area contributed by atoms with Crippen molar-refractivity contribution in [1.29, 1.82) is 0 Å². The zero-order valence-corrected chi connectivity index (χ0v) is 8.46. The molecule has 0 radical (unpaired) electrons. The van der Waals surface area contributed by atoms with E-state index in [9.17, 15) is 14.7 Å². The smallest absolute Gasteiger partial charge is 0.308 e. The van der Waals surface area contributed by atoms with Crippen molar-refractivity contribution in [3.63, 3.8) is 0 Å². The van der Waals surface area contributed by atoms with Gasteiger partial charge in [-0.25, -0.2) is 0 Å². The summed E-state index contributed by atoms with van der Waals surface area (Å²) in [5.41, 5.74) is -1.59. The van der Waals surface area contributed by atoms with Crippen LogP contribution in [0.5, 0.6) is 0 Å². The van der Waals surface area contributed by atoms with E-state index in [-0.39, 0.29) is 12.3 Å². The van der Waals surface area contributed by atoms with Crippen LogP contribution in [0.4, 0.5) is 0 Å². The normalized spacial score (nSPS) is 15.2. The number of ether oxygens (including phenoxy) is 1. The molecule has 0 heterocycles. The van der Waals surface area contributed by atoms with Gasteiger partial charge < -0.3 is 9.84 Å². The summed E-state index contributed by atoms with van der Waals surface area (Å²) in [5.74, 6) is -1.29. The molecule has 0 aromatic heterocycles. The Kier molecular flexibility index (Phi) is 4.07. The fourth-order valence-corrected chi connectivity index (χ4v) is 1.03. The predicted octanol–water partition coefficient (Wildman–Crippen LogP) is 0.526. The standard InChI is InChI=1S/C9H16O4/c1-6(2)9(12,7(3)10)5-8(11)13-4/h6,12H,5H2,1-4H3. The molecule has 4 heteroatoms. The number of rotatable bonds is 4. The topological polar surface area (TPSA) is 63.6 Å². The molecule has 0 rings (SSSR count). The molecule has 0 aromatic rings. The average molecular weight is 188 g/mol. The van der Waals surface area contributed by atoms with Gasteiger partial charge >= 0.3 is 5.97 Å². The molecule has 0 amide bonds. The number of methoxy groups -OCH3 is 1. The second-order valence-corrected chi connectivity index (χ2v) is 3.39. The zero-order chi connectivity index (χ0) is 10.6. The van der Waals surface area contributed by atoms with Crippen molar-refractivity contribution in [3.8, 4) is 0 Å². The van der Waals surface area contributed by atoms with Gasteiger partial charge in [0.2, 0.25) is 0 Å². The predicted molar refractivity (Wildman–Crippen MR) is 47.1 cm³/mol. The minimum absolute atomic E-state index is 0.281. The quantitative estimate of drug-likeness (QED) is 0.653. The lowest BCUT2D eigenvalue weighted by Crippen LogP contribution is -2.44. The van der Waals surface area contributed by atoms with E-state index in [0.29, 0.717) is 0 Å². The fourth-order valence-electron chi connectivity index (χ4n) is 1.03. The molecule has 0 aliphatic rings. The molecule has 0 spiro atoms. The molecule has 0 saturated carbocycles. The van der Waals surface area contributed by atoms with Crippen LogP contribution in [-0.4, -0.2) is 29.6 Å². The lowest BCUT2D eigenvalue weighted by Gasteiger charge is -2.27. The van der Waals surface area contributed by atoms with Gasteiger partial charge in [-0.2, -0.15) is 0 Å². The molecule has 0 aliphatic heterocycles. The van der Waals surface area contributed by atoms with Crippen molar-refractivity contribution in [2.75, 3.05) is 7.11 Å². The summed E-state index contributed by atoms with van der Waals surface area (Å²) >= 11 is 0. The van der Waals surface area contributed by atoms with Crippen molar-refractivity contribution in [2.45, 2.75) is 32.8 Å². The van der Waals surface area contributed by atoms with Gasteiger partial charge in [0.15, 0.2) is 5.78 Å². The summed E-state index contributed by atoms with van der Waals surface area (Å²) < 4.78 is 4.40. The first kappa shape index (κ1) is 12.1. The Balaban J connectivity index is 4.61. The molecule has 0 fully saturated rings. The van der Waals surface area contributed by atoms with Crippen LogP contribution in [0.1, 0.15) is 27.2 Å². The van der Waals surface area contributed by atoms with Crippen molar-refractivity contribution in [1.82, 2.24) is 0 Å². The van der Waals surface area contributed by atoms with Crippen molar-refractivity contribution in [3.05, 3.63) is 0 Å². The zero-order valence-electron chi connectivity index (χ0n) is 8.46. The molecule has 1 unspecified atom stereocenters. The van der Waals surface area contributed by atoms with Crippen LogP contribution < -0.4 is 0 Å². The first-order valence-electron chi connectivity index (χ1n) is 4.14. The number of hydrogen-bond donors (Lipinski definition) is 1. The van der Waals surface area contributed by atoms with Crippen molar-refractivity contribution < 1.29 is 19.4 Å².